The Kier molecular flexibility index (Phi) is 24.9. The summed E-state index contributed by atoms with van der Waals surface area (Å²) in [5.41, 5.74) is 5.67. The molecule has 24 rings (SSSR count). The van der Waals surface area contributed by atoms with E-state index < -0.39 is 254 Å². The molecule has 24 saturated heterocycles. The van der Waals surface area contributed by atoms with E-state index in [4.69, 9.17) is 72.0 Å². The zero-order chi connectivity index (χ0) is 61.0. The summed E-state index contributed by atoms with van der Waals surface area (Å²) < 4.78 is 81.1. The number of nitrogens with two attached hydrogens (primary N) is 1. The maximum absolute atomic E-state index is 11.5. The smallest absolute Gasteiger partial charge is 0.187 e. The number of hydrogen-bond donors (Lipinski definition) is 22. The van der Waals surface area contributed by atoms with Gasteiger partial charge in [-0.05, 0) is 12.8 Å². The van der Waals surface area contributed by atoms with Gasteiger partial charge in [-0.25, -0.2) is 0 Å². The van der Waals surface area contributed by atoms with E-state index in [-0.39, 0.29) is 45.5 Å². The van der Waals surface area contributed by atoms with E-state index in [9.17, 15) is 102 Å². The molecule has 0 aromatic rings. The zero-order valence-electron chi connectivity index (χ0n) is 45.1. The maximum Gasteiger partial charge on any atom is 0.187 e. The Labute approximate surface area is 478 Å². The zero-order valence-corrected chi connectivity index (χ0v) is 45.1. The quantitative estimate of drug-likeness (QED) is 0.0903. The Balaban J connectivity index is 1.03. The average molecular weight is 1230 g/mol. The van der Waals surface area contributed by atoms with Gasteiger partial charge in [0.05, 0.1) is 51.8 Å². The van der Waals surface area contributed by atoms with Crippen molar-refractivity contribution in [3.63, 3.8) is 0 Å². The van der Waals surface area contributed by atoms with Crippen LogP contribution in [0.25, 0.3) is 0 Å². The van der Waals surface area contributed by atoms with Gasteiger partial charge in [0.1, 0.15) is 153 Å². The second-order valence-corrected chi connectivity index (χ2v) is 21.9. The summed E-state index contributed by atoms with van der Waals surface area (Å²) >= 11 is 0. The van der Waals surface area contributed by atoms with E-state index in [2.05, 4.69) is 5.32 Å². The number of fused-ring (bicyclic) bond motifs is 1. The summed E-state index contributed by atoms with van der Waals surface area (Å²) in [5.74, 6) is -0.960. The molecule has 36 nitrogen and oxygen atoms in total. The van der Waals surface area contributed by atoms with Crippen LogP contribution in [0.4, 0.5) is 0 Å². The standard InChI is InChI=1S/C48H84N2O34/c49-4-5-50-7-15-36-23(58)30(65)42(72-15)71-6-2-1-3-14-16(8-51)73-43(29(64)22(14)57)80-37-17(9-52)75-45(32(67)25(37)60)82-39-19(11-54)77-47(34(69)27(39)62)84-41-21(13-56)78-48(35(70)28(41)63)83-40-20(12-55)76-46(33(68)26(40)61)81-38-18(10-53)74-44(79-36)31(66)24(38)59/h14-48,50-70H,1-13,49H2/t14?,15-,16-,17-,18-,19-,20-,21-,22+,23-,24-,25-,26-,27-,28-,29-,30-,31-,32-,33-,34-,35-,36?,37?,38?,39?,40?,41?,42+,43-,44-,45-,46-,47-,48-/m1/s1. The lowest BCUT2D eigenvalue weighted by molar-refractivity contribution is -0.397. The van der Waals surface area contributed by atoms with Gasteiger partial charge in [-0.3, -0.25) is 0 Å². The highest BCUT2D eigenvalue weighted by Crippen LogP contribution is 2.39. The van der Waals surface area contributed by atoms with Crippen LogP contribution in [0.3, 0.4) is 0 Å². The third-order valence-electron chi connectivity index (χ3n) is 16.4. The Bertz CT molecular complexity index is 1960. The lowest BCUT2D eigenvalue weighted by atomic mass is 9.85. The van der Waals surface area contributed by atoms with Crippen molar-refractivity contribution < 1.29 is 168 Å². The summed E-state index contributed by atoms with van der Waals surface area (Å²) in [4.78, 5) is 0. The van der Waals surface area contributed by atoms with Gasteiger partial charge in [-0.2, -0.15) is 0 Å². The van der Waals surface area contributed by atoms with Crippen molar-refractivity contribution >= 4 is 0 Å². The van der Waals surface area contributed by atoms with Gasteiger partial charge in [0.15, 0.2) is 44.0 Å². The fourth-order valence-corrected chi connectivity index (χ4v) is 11.6. The minimum Gasteiger partial charge on any atom is -0.394 e. The van der Waals surface area contributed by atoms with Crippen LogP contribution in [0.5, 0.6) is 0 Å². The first-order valence-corrected chi connectivity index (χ1v) is 27.9. The highest BCUT2D eigenvalue weighted by atomic mass is 16.8. The first kappa shape index (κ1) is 68.5. The third-order valence-corrected chi connectivity index (χ3v) is 16.4. The molecule has 0 aromatic carbocycles. The molecule has 24 aliphatic heterocycles. The third kappa shape index (κ3) is 14.5. The Hall–Kier alpha value is -1.44. The second kappa shape index (κ2) is 30.6. The molecule has 0 aromatic heterocycles. The van der Waals surface area contributed by atoms with Gasteiger partial charge in [0.2, 0.25) is 0 Å². The fraction of sp³-hybridized carbons (Fsp3) is 1.00. The van der Waals surface area contributed by atoms with Gasteiger partial charge >= 0.3 is 0 Å². The molecule has 0 aliphatic carbocycles. The van der Waals surface area contributed by atoms with Crippen LogP contribution < -0.4 is 11.1 Å². The largest absolute Gasteiger partial charge is 0.394 e. The van der Waals surface area contributed by atoms with Crippen LogP contribution in [0.15, 0.2) is 0 Å². The van der Waals surface area contributed by atoms with Crippen molar-refractivity contribution in [2.75, 3.05) is 65.9 Å². The number of rotatable bonds is 10. The molecular formula is C48H84N2O34. The predicted octanol–water partition coefficient (Wildman–Crippen LogP) is -14.3. The van der Waals surface area contributed by atoms with Crippen LogP contribution >= 0.6 is 0 Å². The summed E-state index contributed by atoms with van der Waals surface area (Å²) in [6.07, 6.45) is -63.0. The first-order chi connectivity index (χ1) is 40.2. The first-order valence-electron chi connectivity index (χ1n) is 27.9. The van der Waals surface area contributed by atoms with Gasteiger partial charge in [-0.1, -0.05) is 6.42 Å². The summed E-state index contributed by atoms with van der Waals surface area (Å²) in [5, 5.41) is 224. The molecule has 14 bridgehead atoms. The van der Waals surface area contributed by atoms with E-state index in [1.807, 2.05) is 0 Å². The van der Waals surface area contributed by atoms with Crippen molar-refractivity contribution in [2.45, 2.75) is 228 Å². The van der Waals surface area contributed by atoms with Crippen molar-refractivity contribution in [2.24, 2.45) is 11.7 Å². The summed E-state index contributed by atoms with van der Waals surface area (Å²) in [6.45, 7) is -5.63. The highest BCUT2D eigenvalue weighted by molar-refractivity contribution is 5.01. The Morgan fingerprint density at radius 2 is 0.560 bits per heavy atom. The number of aliphatic hydroxyl groups excluding tert-OH is 20. The fourth-order valence-electron chi connectivity index (χ4n) is 11.6. The normalized spacial score (nSPS) is 52.3. The summed E-state index contributed by atoms with van der Waals surface area (Å²) in [7, 11) is 0. The van der Waals surface area contributed by atoms with Crippen LogP contribution in [-0.2, 0) is 66.3 Å². The second-order valence-electron chi connectivity index (χ2n) is 21.9. The van der Waals surface area contributed by atoms with Crippen molar-refractivity contribution in [3.8, 4) is 0 Å². The van der Waals surface area contributed by atoms with Crippen molar-refractivity contribution in [3.05, 3.63) is 0 Å². The van der Waals surface area contributed by atoms with Crippen molar-refractivity contribution in [1.82, 2.24) is 5.32 Å². The molecule has 0 amide bonds. The Morgan fingerprint density at radius 1 is 0.298 bits per heavy atom. The SMILES string of the molecule is NCCNC[C@H]1O[C@@H]2OCCCCC3[C@@H](CO)O[C@H](OC4[C@@H](CO)O[C@H](OC5[C@@H](CO)O[C@H](OC6[C@@H](CO)O[C@H](OC7[C@@H](CO)O[C@H](OC8[C@@H](CO)O[C@H](OC1[C@H](O)[C@H]2O)[C@H](O)[C@H]8O)[C@H](O)[C@H]7O)[C@H](O)[C@H]6O)[C@H](O)[C@H]5O)[C@H](O)[C@H]4O)[C@H](O)[C@H]3O. The maximum atomic E-state index is 11.5. The number of ether oxygens (including phenoxy) is 14. The van der Waals surface area contributed by atoms with Gasteiger partial charge in [-0.15, -0.1) is 0 Å². The lowest BCUT2D eigenvalue weighted by Gasteiger charge is -2.50. The minimum absolute atomic E-state index is 0.0753. The van der Waals surface area contributed by atoms with Crippen LogP contribution in [-0.4, -0.2) is 377 Å². The molecule has 36 heteroatoms. The molecule has 490 valence electrons. The molecule has 0 spiro atoms. The number of nitrogens with one attached hydrogen (secondary N) is 1. The van der Waals surface area contributed by atoms with Crippen LogP contribution in [0, 0.1) is 5.92 Å². The lowest BCUT2D eigenvalue weighted by Crippen LogP contribution is -2.68. The van der Waals surface area contributed by atoms with E-state index in [1.165, 1.54) is 0 Å². The molecule has 24 fully saturated rings. The minimum atomic E-state index is -2.20. The topological polar surface area (TPSA) is 572 Å². The molecule has 35 atom stereocenters. The molecule has 24 heterocycles. The van der Waals surface area contributed by atoms with Gasteiger partial charge in [0, 0.05) is 32.2 Å². The average Bonchev–Trinajstić information content (AvgIpc) is 2.86. The molecule has 23 N–H and O–H groups in total. The number of hydrogen-bond acceptors (Lipinski definition) is 36. The summed E-state index contributed by atoms with van der Waals surface area (Å²) in [6, 6.07) is 0. The monoisotopic (exact) mass is 1230 g/mol. The Morgan fingerprint density at radius 3 is 0.857 bits per heavy atom. The molecule has 7 unspecified atom stereocenters. The van der Waals surface area contributed by atoms with Crippen LogP contribution in [0.1, 0.15) is 19.3 Å². The highest BCUT2D eigenvalue weighted by Gasteiger charge is 2.59. The van der Waals surface area contributed by atoms with Gasteiger partial charge in [0.25, 0.3) is 0 Å². The molecular weight excluding hydrogens is 1150 g/mol. The van der Waals surface area contributed by atoms with E-state index in [0.29, 0.717) is 0 Å². The number of aliphatic hydroxyl groups is 20. The van der Waals surface area contributed by atoms with Gasteiger partial charge < -0.3 is 179 Å². The van der Waals surface area contributed by atoms with Crippen LogP contribution in [0.2, 0.25) is 0 Å². The molecule has 0 saturated carbocycles. The molecule has 0 radical (unpaired) electrons. The van der Waals surface area contributed by atoms with E-state index in [1.54, 1.807) is 0 Å². The van der Waals surface area contributed by atoms with E-state index in [0.717, 1.165) is 0 Å². The molecule has 84 heavy (non-hydrogen) atoms. The van der Waals surface area contributed by atoms with Crippen molar-refractivity contribution in [1.29, 1.82) is 0 Å². The van der Waals surface area contributed by atoms with E-state index >= 15 is 0 Å². The molecule has 24 aliphatic rings. The predicted molar refractivity (Wildman–Crippen MR) is 262 cm³/mol.